The van der Waals surface area contributed by atoms with E-state index in [1.807, 2.05) is 12.1 Å². The Morgan fingerprint density at radius 1 is 1.14 bits per heavy atom. The van der Waals surface area contributed by atoms with Gasteiger partial charge < -0.3 is 9.80 Å². The lowest BCUT2D eigenvalue weighted by molar-refractivity contribution is -0.134. The van der Waals surface area contributed by atoms with Gasteiger partial charge in [-0.2, -0.15) is 5.10 Å². The topological polar surface area (TPSA) is 103 Å². The molecule has 1 aromatic heterocycles. The molecule has 0 spiro atoms. The lowest BCUT2D eigenvalue weighted by Gasteiger charge is -2.36. The molecule has 4 rings (SSSR count). The van der Waals surface area contributed by atoms with E-state index in [9.17, 15) is 18.0 Å². The third-order valence-electron chi connectivity index (χ3n) is 5.46. The molecule has 11 heteroatoms. The molecule has 9 nitrogen and oxygen atoms in total. The molecule has 2 fully saturated rings. The van der Waals surface area contributed by atoms with Crippen molar-refractivity contribution in [2.24, 2.45) is 5.10 Å². The van der Waals surface area contributed by atoms with Crippen molar-refractivity contribution in [3.8, 4) is 0 Å². The van der Waals surface area contributed by atoms with Crippen LogP contribution in [0.5, 0.6) is 0 Å². The molecule has 1 aromatic rings. The molecular formula is C18H22BrN5O4S. The zero-order chi connectivity index (χ0) is 20.6. The van der Waals surface area contributed by atoms with Crippen molar-refractivity contribution in [1.82, 2.24) is 14.9 Å². The summed E-state index contributed by atoms with van der Waals surface area (Å²) in [7, 11) is -3.13. The quantitative estimate of drug-likeness (QED) is 0.625. The normalized spacial score (nSPS) is 24.6. The smallest absolute Gasteiger partial charge is 0.270 e. The van der Waals surface area contributed by atoms with Crippen LogP contribution in [0.25, 0.3) is 0 Å². The molecule has 0 radical (unpaired) electrons. The van der Waals surface area contributed by atoms with Crippen molar-refractivity contribution in [2.45, 2.75) is 25.3 Å². The van der Waals surface area contributed by atoms with E-state index >= 15 is 0 Å². The molecule has 0 bridgehead atoms. The summed E-state index contributed by atoms with van der Waals surface area (Å²) in [5.74, 6) is 0.463. The lowest BCUT2D eigenvalue weighted by atomic mass is 10.1. The summed E-state index contributed by atoms with van der Waals surface area (Å²) in [4.78, 5) is 33.4. The van der Waals surface area contributed by atoms with Crippen LogP contribution in [0.1, 0.15) is 19.3 Å². The van der Waals surface area contributed by atoms with Crippen molar-refractivity contribution in [1.29, 1.82) is 0 Å². The van der Waals surface area contributed by atoms with Gasteiger partial charge >= 0.3 is 0 Å². The number of amides is 2. The number of carbonyl (C=O) groups is 2. The first kappa shape index (κ1) is 20.3. The van der Waals surface area contributed by atoms with Gasteiger partial charge in [-0.05, 0) is 34.5 Å². The molecule has 2 amide bonds. The van der Waals surface area contributed by atoms with Crippen molar-refractivity contribution >= 4 is 49.1 Å². The van der Waals surface area contributed by atoms with E-state index in [-0.39, 0.29) is 29.7 Å². The molecule has 1 atom stereocenters. The summed E-state index contributed by atoms with van der Waals surface area (Å²) >= 11 is 3.37. The number of carbonyl (C=O) groups excluding carboxylic acids is 2. The van der Waals surface area contributed by atoms with Crippen molar-refractivity contribution in [2.75, 3.05) is 42.6 Å². The van der Waals surface area contributed by atoms with E-state index in [2.05, 4.69) is 30.9 Å². The molecule has 0 aliphatic carbocycles. The summed E-state index contributed by atoms with van der Waals surface area (Å²) in [6.07, 6.45) is 2.60. The predicted octanol–water partition coefficient (Wildman–Crippen LogP) is 0.658. The van der Waals surface area contributed by atoms with Gasteiger partial charge in [-0.1, -0.05) is 0 Å². The van der Waals surface area contributed by atoms with Gasteiger partial charge in [0.15, 0.2) is 9.84 Å². The maximum absolute atomic E-state index is 12.9. The molecule has 4 heterocycles. The minimum Gasteiger partial charge on any atom is -0.353 e. The SMILES string of the molecule is O=C(C1=NN(C2CCS(=O)(=O)C2)C(=O)CC1)N1CCN(c2ccc(Br)cn2)CC1. The molecule has 0 aromatic carbocycles. The summed E-state index contributed by atoms with van der Waals surface area (Å²) in [6.45, 7) is 2.41. The van der Waals surface area contributed by atoms with E-state index < -0.39 is 15.9 Å². The first-order chi connectivity index (χ1) is 13.8. The highest BCUT2D eigenvalue weighted by Gasteiger charge is 2.38. The number of aromatic nitrogens is 1. The van der Waals surface area contributed by atoms with Gasteiger partial charge in [0, 0.05) is 49.7 Å². The maximum Gasteiger partial charge on any atom is 0.270 e. The highest BCUT2D eigenvalue weighted by Crippen LogP contribution is 2.23. The molecular weight excluding hydrogens is 462 g/mol. The van der Waals surface area contributed by atoms with Crippen molar-refractivity contribution in [3.05, 3.63) is 22.8 Å². The fraction of sp³-hybridized carbons (Fsp3) is 0.556. The largest absolute Gasteiger partial charge is 0.353 e. The molecule has 3 aliphatic heterocycles. The standard InChI is InChI=1S/C18H22BrN5O4S/c19-13-1-3-16(20-11-13)22-6-8-23(9-7-22)18(26)15-2-4-17(25)24(21-15)14-5-10-29(27,28)12-14/h1,3,11,14H,2,4-10,12H2. The zero-order valence-corrected chi connectivity index (χ0v) is 18.2. The van der Waals surface area contributed by atoms with E-state index in [0.29, 0.717) is 44.7 Å². The molecule has 0 saturated carbocycles. The van der Waals surface area contributed by atoms with Gasteiger partial charge in [0.2, 0.25) is 5.91 Å². The van der Waals surface area contributed by atoms with Gasteiger partial charge in [-0.3, -0.25) is 9.59 Å². The first-order valence-corrected chi connectivity index (χ1v) is 12.2. The molecule has 156 valence electrons. The number of pyridine rings is 1. The highest BCUT2D eigenvalue weighted by molar-refractivity contribution is 9.10. The van der Waals surface area contributed by atoms with Crippen LogP contribution in [-0.4, -0.2) is 84.6 Å². The summed E-state index contributed by atoms with van der Waals surface area (Å²) in [5.41, 5.74) is 0.337. The van der Waals surface area contributed by atoms with Crippen LogP contribution in [0.2, 0.25) is 0 Å². The van der Waals surface area contributed by atoms with Crippen molar-refractivity contribution in [3.63, 3.8) is 0 Å². The van der Waals surface area contributed by atoms with Crippen LogP contribution in [0.15, 0.2) is 27.9 Å². The van der Waals surface area contributed by atoms with E-state index in [1.165, 1.54) is 5.01 Å². The number of hydrogen-bond acceptors (Lipinski definition) is 7. The third kappa shape index (κ3) is 4.45. The Hall–Kier alpha value is -2.01. The summed E-state index contributed by atoms with van der Waals surface area (Å²) in [5, 5.41) is 5.53. The minimum atomic E-state index is -3.13. The number of hydrazone groups is 1. The second kappa shape index (κ2) is 8.02. The van der Waals surface area contributed by atoms with E-state index in [4.69, 9.17) is 0 Å². The van der Waals surface area contributed by atoms with Crippen LogP contribution in [0.3, 0.4) is 0 Å². The molecule has 29 heavy (non-hydrogen) atoms. The molecule has 3 aliphatic rings. The monoisotopic (exact) mass is 483 g/mol. The average Bonchev–Trinajstić information content (AvgIpc) is 3.08. The maximum atomic E-state index is 12.9. The fourth-order valence-electron chi connectivity index (χ4n) is 3.86. The van der Waals surface area contributed by atoms with E-state index in [0.717, 1.165) is 10.3 Å². The molecule has 1 unspecified atom stereocenters. The Morgan fingerprint density at radius 3 is 2.52 bits per heavy atom. The van der Waals surface area contributed by atoms with Gasteiger partial charge in [-0.25, -0.2) is 18.4 Å². The molecule has 0 N–H and O–H groups in total. The lowest BCUT2D eigenvalue weighted by Crippen LogP contribution is -2.52. The number of anilines is 1. The second-order valence-electron chi connectivity index (χ2n) is 7.46. The number of hydrogen-bond donors (Lipinski definition) is 0. The van der Waals surface area contributed by atoms with Crippen LogP contribution in [0.4, 0.5) is 5.82 Å². The number of sulfone groups is 1. The van der Waals surface area contributed by atoms with E-state index in [1.54, 1.807) is 11.1 Å². The number of piperazine rings is 1. The third-order valence-corrected chi connectivity index (χ3v) is 7.68. The van der Waals surface area contributed by atoms with Crippen LogP contribution >= 0.6 is 15.9 Å². The Kier molecular flexibility index (Phi) is 5.60. The average molecular weight is 484 g/mol. The van der Waals surface area contributed by atoms with Crippen molar-refractivity contribution < 1.29 is 18.0 Å². The molecule has 2 saturated heterocycles. The Morgan fingerprint density at radius 2 is 1.90 bits per heavy atom. The number of halogens is 1. The minimum absolute atomic E-state index is 0.0618. The number of nitrogens with zero attached hydrogens (tertiary/aromatic N) is 5. The van der Waals surface area contributed by atoms with Crippen LogP contribution in [0, 0.1) is 0 Å². The summed E-state index contributed by atoms with van der Waals surface area (Å²) < 4.78 is 24.4. The van der Waals surface area contributed by atoms with Gasteiger partial charge in [0.05, 0.1) is 17.5 Å². The second-order valence-corrected chi connectivity index (χ2v) is 10.6. The number of rotatable bonds is 3. The highest BCUT2D eigenvalue weighted by atomic mass is 79.9. The van der Waals surface area contributed by atoms with Gasteiger partial charge in [0.25, 0.3) is 5.91 Å². The summed E-state index contributed by atoms with van der Waals surface area (Å²) in [6, 6.07) is 3.41. The Labute approximate surface area is 177 Å². The zero-order valence-electron chi connectivity index (χ0n) is 15.8. The Bertz CT molecular complexity index is 942. The van der Waals surface area contributed by atoms with Crippen LogP contribution in [-0.2, 0) is 19.4 Å². The first-order valence-electron chi connectivity index (χ1n) is 9.58. The van der Waals surface area contributed by atoms with Crippen LogP contribution < -0.4 is 4.90 Å². The van der Waals surface area contributed by atoms with Gasteiger partial charge in [-0.15, -0.1) is 0 Å². The van der Waals surface area contributed by atoms with Gasteiger partial charge in [0.1, 0.15) is 11.5 Å². The Balaban J connectivity index is 1.41. The fourth-order valence-corrected chi connectivity index (χ4v) is 5.78. The predicted molar refractivity (Wildman–Crippen MR) is 111 cm³/mol.